The summed E-state index contributed by atoms with van der Waals surface area (Å²) in [5.74, 6) is 1.21. The highest BCUT2D eigenvalue weighted by Gasteiger charge is 2.20. The number of hydrogen-bond donors (Lipinski definition) is 2. The van der Waals surface area contributed by atoms with Crippen molar-refractivity contribution in [3.05, 3.63) is 189 Å². The smallest absolute Gasteiger partial charge is 0.256 e. The van der Waals surface area contributed by atoms with Crippen molar-refractivity contribution in [2.45, 2.75) is 13.8 Å². The van der Waals surface area contributed by atoms with E-state index >= 15 is 0 Å². The molecule has 0 saturated carbocycles. The van der Waals surface area contributed by atoms with Crippen molar-refractivity contribution in [2.75, 3.05) is 22.7 Å². The van der Waals surface area contributed by atoms with Crippen LogP contribution >= 0.6 is 27.5 Å². The van der Waals surface area contributed by atoms with E-state index in [1.165, 1.54) is 24.8 Å². The van der Waals surface area contributed by atoms with Gasteiger partial charge in [0.25, 0.3) is 20.0 Å². The molecule has 2 aromatic heterocycles. The van der Waals surface area contributed by atoms with Gasteiger partial charge in [-0.25, -0.2) is 36.8 Å². The molecule has 62 heavy (non-hydrogen) atoms. The minimum Gasteiger partial charge on any atom is -0.490 e. The SMILES string of the molecule is Cc1ccc(-c2c(Cl)ncnc2NS(=O)(=O)/C=C/c2ccccc2)cc1.Cc1ccc(-c2c(NS(=O)(=O)/C=C/c3ccccc3)ncnc2OCCOc2ccc(Br)cc2)cc1. The van der Waals surface area contributed by atoms with Crippen molar-refractivity contribution in [3.8, 4) is 33.9 Å². The maximum Gasteiger partial charge on any atom is 0.256 e. The second kappa shape index (κ2) is 21.4. The zero-order valence-corrected chi connectivity index (χ0v) is 37.4. The van der Waals surface area contributed by atoms with Gasteiger partial charge in [0.05, 0.1) is 21.9 Å². The lowest BCUT2D eigenvalue weighted by Crippen LogP contribution is -2.14. The van der Waals surface area contributed by atoms with E-state index in [-0.39, 0.29) is 35.9 Å². The Bertz CT molecular complexity index is 2850. The molecule has 0 saturated heterocycles. The Labute approximate surface area is 374 Å². The van der Waals surface area contributed by atoms with Gasteiger partial charge < -0.3 is 9.47 Å². The molecule has 0 bridgehead atoms. The molecule has 0 aliphatic heterocycles. The van der Waals surface area contributed by atoms with Crippen LogP contribution in [0.2, 0.25) is 5.15 Å². The van der Waals surface area contributed by atoms with Crippen LogP contribution in [0.5, 0.6) is 11.6 Å². The molecule has 7 rings (SSSR count). The molecule has 0 radical (unpaired) electrons. The number of aryl methyl sites for hydroxylation is 2. The topological polar surface area (TPSA) is 162 Å². The van der Waals surface area contributed by atoms with E-state index < -0.39 is 20.0 Å². The number of sulfonamides is 2. The van der Waals surface area contributed by atoms with E-state index in [9.17, 15) is 16.8 Å². The fraction of sp³-hybridized carbons (Fsp3) is 0.0870. The van der Waals surface area contributed by atoms with Gasteiger partial charge in [-0.3, -0.25) is 9.44 Å². The largest absolute Gasteiger partial charge is 0.490 e. The van der Waals surface area contributed by atoms with Gasteiger partial charge in [-0.2, -0.15) is 0 Å². The maximum absolute atomic E-state index is 12.8. The standard InChI is InChI=1S/C27H24BrN3O4S.C19H16ClN3O2S/c1-20-7-9-22(10-8-20)25-26(31-36(32,33)18-15-21-5-3-2-4-6-21)29-19-30-27(25)35-17-16-34-24-13-11-23(28)12-14-24;1-14-7-9-16(10-8-14)17-18(20)21-13-22-19(17)23-26(24,25)12-11-15-5-3-2-4-6-15/h2-15,18-19H,16-17H2,1H3,(H,29,30,31);2-13H,1H3,(H,21,22,23)/b18-15+;12-11+. The molecule has 2 N–H and O–H groups in total. The summed E-state index contributed by atoms with van der Waals surface area (Å²) in [4.78, 5) is 16.5. The van der Waals surface area contributed by atoms with Crippen molar-refractivity contribution in [3.63, 3.8) is 0 Å². The molecule has 0 aliphatic rings. The van der Waals surface area contributed by atoms with Gasteiger partial charge in [0, 0.05) is 4.47 Å². The Balaban J connectivity index is 0.000000218. The van der Waals surface area contributed by atoms with E-state index in [1.807, 2.05) is 147 Å². The van der Waals surface area contributed by atoms with Crippen LogP contribution in [0.1, 0.15) is 22.3 Å². The first-order valence-electron chi connectivity index (χ1n) is 18.9. The molecule has 0 aliphatic carbocycles. The van der Waals surface area contributed by atoms with Crippen LogP contribution in [0.3, 0.4) is 0 Å². The molecule has 0 spiro atoms. The quantitative estimate of drug-likeness (QED) is 0.0747. The van der Waals surface area contributed by atoms with Crippen LogP contribution < -0.4 is 18.9 Å². The molecule has 12 nitrogen and oxygen atoms in total. The third-order valence-corrected chi connectivity index (χ3v) is 11.4. The Morgan fingerprint density at radius 1 is 0.565 bits per heavy atom. The zero-order chi connectivity index (χ0) is 44.0. The Morgan fingerprint density at radius 2 is 1.02 bits per heavy atom. The molecule has 7 aromatic rings. The number of aromatic nitrogens is 4. The Morgan fingerprint density at radius 3 is 1.53 bits per heavy atom. The van der Waals surface area contributed by atoms with Crippen molar-refractivity contribution in [1.82, 2.24) is 19.9 Å². The minimum absolute atomic E-state index is 0.121. The van der Waals surface area contributed by atoms with Crippen LogP contribution in [-0.4, -0.2) is 50.0 Å². The summed E-state index contributed by atoms with van der Waals surface area (Å²) in [5, 5.41) is 2.38. The van der Waals surface area contributed by atoms with Gasteiger partial charge >= 0.3 is 0 Å². The van der Waals surface area contributed by atoms with Gasteiger partial charge in [0.15, 0.2) is 11.6 Å². The van der Waals surface area contributed by atoms with Crippen molar-refractivity contribution < 1.29 is 26.3 Å². The minimum atomic E-state index is -3.86. The molecule has 0 amide bonds. The van der Waals surface area contributed by atoms with Crippen LogP contribution in [0.15, 0.2) is 161 Å². The zero-order valence-electron chi connectivity index (χ0n) is 33.4. The molecule has 2 heterocycles. The second-order valence-electron chi connectivity index (χ2n) is 13.4. The third-order valence-electron chi connectivity index (χ3n) is 8.65. The average Bonchev–Trinajstić information content (AvgIpc) is 3.26. The monoisotopic (exact) mass is 950 g/mol. The number of benzene rings is 5. The number of anilines is 2. The van der Waals surface area contributed by atoms with Crippen molar-refractivity contribution in [2.24, 2.45) is 0 Å². The summed E-state index contributed by atoms with van der Waals surface area (Å²) in [6.45, 7) is 4.41. The molecule has 0 fully saturated rings. The highest BCUT2D eigenvalue weighted by molar-refractivity contribution is 9.10. The number of rotatable bonds is 15. The summed E-state index contributed by atoms with van der Waals surface area (Å²) in [6.07, 6.45) is 5.52. The highest BCUT2D eigenvalue weighted by atomic mass is 79.9. The molecule has 316 valence electrons. The molecule has 16 heteroatoms. The summed E-state index contributed by atoms with van der Waals surface area (Å²) in [7, 11) is -7.63. The summed E-state index contributed by atoms with van der Waals surface area (Å²) in [6, 6.07) is 40.9. The van der Waals surface area contributed by atoms with Crippen molar-refractivity contribution in [1.29, 1.82) is 0 Å². The fourth-order valence-corrected chi connectivity index (χ4v) is 7.75. The van der Waals surface area contributed by atoms with E-state index in [2.05, 4.69) is 45.3 Å². The van der Waals surface area contributed by atoms with Crippen molar-refractivity contribution >= 4 is 71.4 Å². The lowest BCUT2D eigenvalue weighted by atomic mass is 10.1. The summed E-state index contributed by atoms with van der Waals surface area (Å²) in [5.41, 5.74) is 6.00. The van der Waals surface area contributed by atoms with Gasteiger partial charge in [0.2, 0.25) is 5.88 Å². The third kappa shape index (κ3) is 13.6. The highest BCUT2D eigenvalue weighted by Crippen LogP contribution is 2.35. The fourth-order valence-electron chi connectivity index (χ4n) is 5.59. The second-order valence-corrected chi connectivity index (χ2v) is 17.8. The maximum atomic E-state index is 12.8. The number of halogens is 2. The van der Waals surface area contributed by atoms with Crippen LogP contribution in [-0.2, 0) is 20.0 Å². The van der Waals surface area contributed by atoms with Gasteiger partial charge in [-0.15, -0.1) is 0 Å². The lowest BCUT2D eigenvalue weighted by Gasteiger charge is -2.15. The summed E-state index contributed by atoms with van der Waals surface area (Å²) < 4.78 is 68.1. The molecule has 0 atom stereocenters. The van der Waals surface area contributed by atoms with Crippen LogP contribution in [0, 0.1) is 13.8 Å². The van der Waals surface area contributed by atoms with Crippen LogP contribution in [0.4, 0.5) is 11.6 Å². The van der Waals surface area contributed by atoms with Gasteiger partial charge in [-0.05, 0) is 72.5 Å². The first-order chi connectivity index (χ1) is 29.8. The number of ether oxygens (including phenoxy) is 2. The van der Waals surface area contributed by atoms with E-state index in [4.69, 9.17) is 21.1 Å². The summed E-state index contributed by atoms with van der Waals surface area (Å²) >= 11 is 9.60. The normalized spacial score (nSPS) is 11.5. The molecular weight excluding hydrogens is 912 g/mol. The van der Waals surface area contributed by atoms with E-state index in [0.717, 1.165) is 48.7 Å². The predicted octanol–water partition coefficient (Wildman–Crippen LogP) is 10.6. The van der Waals surface area contributed by atoms with E-state index in [1.54, 1.807) is 0 Å². The average molecular weight is 952 g/mol. The first kappa shape index (κ1) is 45.1. The Kier molecular flexibility index (Phi) is 15.6. The number of hydrogen-bond acceptors (Lipinski definition) is 10. The number of nitrogens with zero attached hydrogens (tertiary/aromatic N) is 4. The van der Waals surface area contributed by atoms with E-state index in [0.29, 0.717) is 16.9 Å². The molecule has 5 aromatic carbocycles. The lowest BCUT2D eigenvalue weighted by molar-refractivity contribution is 0.212. The molecule has 0 unspecified atom stereocenters. The molecular formula is C46H40BrClN6O6S2. The first-order valence-corrected chi connectivity index (χ1v) is 23.1. The van der Waals surface area contributed by atoms with Gasteiger partial charge in [-0.1, -0.05) is 148 Å². The van der Waals surface area contributed by atoms with Crippen LogP contribution in [0.25, 0.3) is 34.4 Å². The predicted molar refractivity (Wildman–Crippen MR) is 251 cm³/mol. The number of nitrogens with one attached hydrogen (secondary N) is 2. The Hall–Kier alpha value is -6.39. The van der Waals surface area contributed by atoms with Gasteiger partial charge in [0.1, 0.15) is 36.8 Å².